The van der Waals surface area contributed by atoms with Crippen LogP contribution in [0.25, 0.3) is 0 Å². The highest BCUT2D eigenvalue weighted by Crippen LogP contribution is 2.18. The number of guanidine groups is 1. The van der Waals surface area contributed by atoms with Crippen molar-refractivity contribution in [2.24, 2.45) is 10.9 Å². The van der Waals surface area contributed by atoms with Crippen molar-refractivity contribution < 1.29 is 4.74 Å². The van der Waals surface area contributed by atoms with E-state index in [1.54, 1.807) is 6.08 Å². The normalized spacial score (nSPS) is 11.5. The summed E-state index contributed by atoms with van der Waals surface area (Å²) in [6, 6.07) is 7.94. The van der Waals surface area contributed by atoms with E-state index >= 15 is 0 Å². The first-order valence-electron chi connectivity index (χ1n) is 9.47. The summed E-state index contributed by atoms with van der Waals surface area (Å²) < 4.78 is 7.89. The van der Waals surface area contributed by atoms with E-state index in [1.807, 2.05) is 36.7 Å². The van der Waals surface area contributed by atoms with Gasteiger partial charge in [0.2, 0.25) is 0 Å². The van der Waals surface area contributed by atoms with Gasteiger partial charge in [0.1, 0.15) is 18.2 Å². The number of para-hydroxylation sites is 1. The van der Waals surface area contributed by atoms with Crippen molar-refractivity contribution in [3.8, 4) is 5.75 Å². The molecule has 2 rings (SSSR count). The fourth-order valence-electron chi connectivity index (χ4n) is 2.66. The maximum absolute atomic E-state index is 5.71. The summed E-state index contributed by atoms with van der Waals surface area (Å²) in [6.45, 7) is 13.5. The molecule has 0 fully saturated rings. The Balaban J connectivity index is 2.03. The highest BCUT2D eigenvalue weighted by molar-refractivity contribution is 5.79. The minimum Gasteiger partial charge on any atom is -0.489 e. The molecule has 27 heavy (non-hydrogen) atoms. The maximum Gasteiger partial charge on any atom is 0.191 e. The number of benzene rings is 1. The van der Waals surface area contributed by atoms with Crippen LogP contribution in [0, 0.1) is 5.92 Å². The molecule has 146 valence electrons. The van der Waals surface area contributed by atoms with E-state index in [-0.39, 0.29) is 0 Å². The number of aliphatic imine (C=N–C) groups is 1. The van der Waals surface area contributed by atoms with Crippen LogP contribution in [0.1, 0.15) is 32.2 Å². The smallest absolute Gasteiger partial charge is 0.191 e. The van der Waals surface area contributed by atoms with Gasteiger partial charge < -0.3 is 19.9 Å². The number of nitrogens with zero attached hydrogens (tertiary/aromatic N) is 3. The van der Waals surface area contributed by atoms with Crippen molar-refractivity contribution in [3.63, 3.8) is 0 Å². The summed E-state index contributed by atoms with van der Waals surface area (Å²) in [7, 11) is 0. The molecule has 1 heterocycles. The Labute approximate surface area is 162 Å². The number of nitrogens with one attached hydrogen (secondary N) is 2. The Morgan fingerprint density at radius 3 is 2.89 bits per heavy atom. The highest BCUT2D eigenvalue weighted by Gasteiger charge is 2.07. The molecule has 6 heteroatoms. The topological polar surface area (TPSA) is 63.5 Å². The van der Waals surface area contributed by atoms with Gasteiger partial charge in [-0.3, -0.25) is 0 Å². The first-order valence-corrected chi connectivity index (χ1v) is 9.47. The van der Waals surface area contributed by atoms with Crippen molar-refractivity contribution in [2.75, 3.05) is 13.2 Å². The molecule has 6 nitrogen and oxygen atoms in total. The number of hydrogen-bond donors (Lipinski definition) is 2. The van der Waals surface area contributed by atoms with E-state index in [0.29, 0.717) is 25.6 Å². The van der Waals surface area contributed by atoms with Crippen LogP contribution in [-0.4, -0.2) is 28.7 Å². The second-order valence-corrected chi connectivity index (χ2v) is 6.65. The summed E-state index contributed by atoms with van der Waals surface area (Å²) in [5.41, 5.74) is 1.04. The van der Waals surface area contributed by atoms with Gasteiger partial charge in [-0.2, -0.15) is 0 Å². The summed E-state index contributed by atoms with van der Waals surface area (Å²) in [4.78, 5) is 9.15. The van der Waals surface area contributed by atoms with E-state index in [4.69, 9.17) is 9.73 Å². The van der Waals surface area contributed by atoms with Crippen LogP contribution in [0.4, 0.5) is 0 Å². The fourth-order valence-corrected chi connectivity index (χ4v) is 2.66. The maximum atomic E-state index is 5.71. The average Bonchev–Trinajstić information content (AvgIpc) is 3.09. The first kappa shape index (κ1) is 20.6. The van der Waals surface area contributed by atoms with Crippen molar-refractivity contribution in [1.82, 2.24) is 20.2 Å². The molecule has 1 aromatic carbocycles. The van der Waals surface area contributed by atoms with Crippen LogP contribution in [0.3, 0.4) is 0 Å². The minimum absolute atomic E-state index is 0.484. The molecule has 0 aliphatic heterocycles. The van der Waals surface area contributed by atoms with Gasteiger partial charge in [0, 0.05) is 31.0 Å². The second-order valence-electron chi connectivity index (χ2n) is 6.65. The average molecular weight is 370 g/mol. The third-order valence-electron chi connectivity index (χ3n) is 3.86. The zero-order chi connectivity index (χ0) is 19.5. The molecule has 0 unspecified atom stereocenters. The van der Waals surface area contributed by atoms with Gasteiger partial charge in [0.25, 0.3) is 0 Å². The summed E-state index contributed by atoms with van der Waals surface area (Å²) in [5.74, 6) is 3.18. The lowest BCUT2D eigenvalue weighted by Gasteiger charge is -2.14. The Morgan fingerprint density at radius 2 is 2.15 bits per heavy atom. The summed E-state index contributed by atoms with van der Waals surface area (Å²) in [5, 5.41) is 6.65. The molecule has 0 aliphatic rings. The number of rotatable bonds is 10. The number of aromatic nitrogens is 2. The molecule has 1 aromatic heterocycles. The standard InChI is InChI=1S/C21H31N5O/c1-5-13-27-19-10-8-7-9-18(19)14-24-21(22-6-2)25-15-20-23-11-12-26(20)16-17(3)4/h5,7-12,17H,1,6,13-16H2,2-4H3,(H2,22,24,25). The lowest BCUT2D eigenvalue weighted by Crippen LogP contribution is -2.37. The van der Waals surface area contributed by atoms with Gasteiger partial charge in [-0.05, 0) is 18.9 Å². The monoisotopic (exact) mass is 369 g/mol. The van der Waals surface area contributed by atoms with Gasteiger partial charge in [0.05, 0.1) is 13.1 Å². The van der Waals surface area contributed by atoms with Crippen LogP contribution >= 0.6 is 0 Å². The zero-order valence-electron chi connectivity index (χ0n) is 16.6. The number of ether oxygens (including phenoxy) is 1. The largest absolute Gasteiger partial charge is 0.489 e. The van der Waals surface area contributed by atoms with Gasteiger partial charge in [-0.1, -0.05) is 44.7 Å². The number of imidazole rings is 1. The lowest BCUT2D eigenvalue weighted by atomic mass is 10.2. The van der Waals surface area contributed by atoms with Crippen LogP contribution in [0.2, 0.25) is 0 Å². The van der Waals surface area contributed by atoms with E-state index in [1.165, 1.54) is 0 Å². The van der Waals surface area contributed by atoms with E-state index in [0.717, 1.165) is 36.2 Å². The molecule has 0 atom stereocenters. The second kappa shape index (κ2) is 11.1. The van der Waals surface area contributed by atoms with E-state index < -0.39 is 0 Å². The van der Waals surface area contributed by atoms with Gasteiger partial charge in [-0.25, -0.2) is 9.98 Å². The quantitative estimate of drug-likeness (QED) is 0.383. The Hall–Kier alpha value is -2.76. The summed E-state index contributed by atoms with van der Waals surface area (Å²) in [6.07, 6.45) is 5.61. The molecule has 0 saturated heterocycles. The van der Waals surface area contributed by atoms with Crippen molar-refractivity contribution >= 4 is 5.96 Å². The highest BCUT2D eigenvalue weighted by atomic mass is 16.5. The predicted octanol–water partition coefficient (Wildman–Crippen LogP) is 3.36. The molecule has 0 saturated carbocycles. The Kier molecular flexibility index (Phi) is 8.42. The first-order chi connectivity index (χ1) is 13.1. The Morgan fingerprint density at radius 1 is 1.33 bits per heavy atom. The molecular formula is C21H31N5O. The Bertz CT molecular complexity index is 736. The van der Waals surface area contributed by atoms with Gasteiger partial charge in [-0.15, -0.1) is 0 Å². The van der Waals surface area contributed by atoms with Crippen LogP contribution < -0.4 is 15.4 Å². The van der Waals surface area contributed by atoms with Crippen molar-refractivity contribution in [2.45, 2.75) is 40.4 Å². The minimum atomic E-state index is 0.484. The van der Waals surface area contributed by atoms with Crippen LogP contribution in [0.15, 0.2) is 54.3 Å². The van der Waals surface area contributed by atoms with Crippen molar-refractivity contribution in [1.29, 1.82) is 0 Å². The summed E-state index contributed by atoms with van der Waals surface area (Å²) >= 11 is 0. The predicted molar refractivity (Wildman–Crippen MR) is 111 cm³/mol. The SMILES string of the molecule is C=CCOc1ccccc1CN=C(NCC)NCc1nccn1CC(C)C. The molecule has 2 N–H and O–H groups in total. The third kappa shape index (κ3) is 6.81. The van der Waals surface area contributed by atoms with Gasteiger partial charge >= 0.3 is 0 Å². The lowest BCUT2D eigenvalue weighted by molar-refractivity contribution is 0.359. The molecular weight excluding hydrogens is 338 g/mol. The third-order valence-corrected chi connectivity index (χ3v) is 3.86. The molecule has 0 spiro atoms. The molecule has 0 aliphatic carbocycles. The van der Waals surface area contributed by atoms with Crippen molar-refractivity contribution in [3.05, 3.63) is 60.7 Å². The van der Waals surface area contributed by atoms with E-state index in [9.17, 15) is 0 Å². The number of hydrogen-bond acceptors (Lipinski definition) is 3. The molecule has 0 bridgehead atoms. The van der Waals surface area contributed by atoms with Crippen LogP contribution in [-0.2, 0) is 19.6 Å². The van der Waals surface area contributed by atoms with Gasteiger partial charge in [0.15, 0.2) is 5.96 Å². The fraction of sp³-hybridized carbons (Fsp3) is 0.429. The molecule has 0 radical (unpaired) electrons. The molecule has 0 amide bonds. The van der Waals surface area contributed by atoms with E-state index in [2.05, 4.69) is 47.5 Å². The zero-order valence-corrected chi connectivity index (χ0v) is 16.6. The van der Waals surface area contributed by atoms with Crippen LogP contribution in [0.5, 0.6) is 5.75 Å². The molecule has 2 aromatic rings.